The molecule has 0 spiro atoms. The molecule has 28 heavy (non-hydrogen) atoms. The number of hydrogen-bond donors (Lipinski definition) is 1. The van der Waals surface area contributed by atoms with Crippen LogP contribution in [-0.2, 0) is 9.59 Å². The van der Waals surface area contributed by atoms with Crippen molar-refractivity contribution in [1.82, 2.24) is 5.32 Å². The van der Waals surface area contributed by atoms with Gasteiger partial charge in [0.1, 0.15) is 22.8 Å². The van der Waals surface area contributed by atoms with Gasteiger partial charge in [-0.05, 0) is 42.6 Å². The summed E-state index contributed by atoms with van der Waals surface area (Å²) >= 11 is 5.21. The molecule has 2 amide bonds. The predicted molar refractivity (Wildman–Crippen MR) is 109 cm³/mol. The monoisotopic (exact) mass is 398 g/mol. The summed E-state index contributed by atoms with van der Waals surface area (Å²) in [5.41, 5.74) is 0.974. The van der Waals surface area contributed by atoms with Crippen molar-refractivity contribution in [3.05, 3.63) is 53.6 Å². The Balaban J connectivity index is 2.04. The number of nitrogens with zero attached hydrogens (tertiary/aromatic N) is 1. The van der Waals surface area contributed by atoms with E-state index in [9.17, 15) is 9.59 Å². The van der Waals surface area contributed by atoms with Gasteiger partial charge in [-0.1, -0.05) is 6.07 Å². The summed E-state index contributed by atoms with van der Waals surface area (Å²) < 4.78 is 15.7. The number of ether oxygens (including phenoxy) is 3. The molecule has 1 N–H and O–H groups in total. The molecule has 8 heteroatoms. The first kappa shape index (κ1) is 19.4. The fourth-order valence-corrected chi connectivity index (χ4v) is 3.02. The van der Waals surface area contributed by atoms with Gasteiger partial charge in [0.25, 0.3) is 11.8 Å². The average Bonchev–Trinajstić information content (AvgIpc) is 2.71. The second-order valence-electron chi connectivity index (χ2n) is 5.77. The SMILES string of the molecule is COc1cccc(N2C(=O)/C(=C/c3ccc(OC)cc3OC)C(=O)NC2=S)c1. The van der Waals surface area contributed by atoms with Crippen molar-refractivity contribution in [2.24, 2.45) is 0 Å². The second-order valence-corrected chi connectivity index (χ2v) is 6.15. The van der Waals surface area contributed by atoms with E-state index in [-0.39, 0.29) is 10.7 Å². The number of hydrogen-bond acceptors (Lipinski definition) is 6. The lowest BCUT2D eigenvalue weighted by molar-refractivity contribution is -0.122. The Morgan fingerprint density at radius 2 is 1.68 bits per heavy atom. The van der Waals surface area contributed by atoms with E-state index in [4.69, 9.17) is 26.4 Å². The van der Waals surface area contributed by atoms with E-state index in [2.05, 4.69) is 5.32 Å². The van der Waals surface area contributed by atoms with Gasteiger partial charge in [-0.3, -0.25) is 19.8 Å². The third-order valence-electron chi connectivity index (χ3n) is 4.15. The van der Waals surface area contributed by atoms with Crippen LogP contribution in [0.1, 0.15) is 5.56 Å². The van der Waals surface area contributed by atoms with E-state index >= 15 is 0 Å². The molecule has 0 atom stereocenters. The van der Waals surface area contributed by atoms with Crippen LogP contribution in [0.25, 0.3) is 6.08 Å². The summed E-state index contributed by atoms with van der Waals surface area (Å²) in [6, 6.07) is 11.9. The number of nitrogens with one attached hydrogen (secondary N) is 1. The van der Waals surface area contributed by atoms with E-state index < -0.39 is 11.8 Å². The number of benzene rings is 2. The van der Waals surface area contributed by atoms with Crippen LogP contribution in [-0.4, -0.2) is 38.3 Å². The highest BCUT2D eigenvalue weighted by Gasteiger charge is 2.34. The van der Waals surface area contributed by atoms with Gasteiger partial charge in [0.2, 0.25) is 0 Å². The Labute approximate surface area is 167 Å². The van der Waals surface area contributed by atoms with E-state index in [1.807, 2.05) is 0 Å². The van der Waals surface area contributed by atoms with Crippen molar-refractivity contribution < 1.29 is 23.8 Å². The van der Waals surface area contributed by atoms with Gasteiger partial charge in [-0.15, -0.1) is 0 Å². The Morgan fingerprint density at radius 3 is 2.36 bits per heavy atom. The lowest BCUT2D eigenvalue weighted by atomic mass is 10.1. The standard InChI is InChI=1S/C20H18N2O5S/c1-25-14-6-4-5-13(10-14)22-19(24)16(18(23)21-20(22)28)9-12-7-8-15(26-2)11-17(12)27-3/h4-11H,1-3H3,(H,21,23,28)/b16-9+. The van der Waals surface area contributed by atoms with Crippen LogP contribution in [0, 0.1) is 0 Å². The van der Waals surface area contributed by atoms with Crippen molar-refractivity contribution in [3.63, 3.8) is 0 Å². The highest BCUT2D eigenvalue weighted by atomic mass is 32.1. The highest BCUT2D eigenvalue weighted by molar-refractivity contribution is 7.80. The van der Waals surface area contributed by atoms with Gasteiger partial charge < -0.3 is 14.2 Å². The third kappa shape index (κ3) is 3.67. The maximum Gasteiger partial charge on any atom is 0.270 e. The summed E-state index contributed by atoms with van der Waals surface area (Å²) in [5.74, 6) is 0.505. The summed E-state index contributed by atoms with van der Waals surface area (Å²) in [4.78, 5) is 26.8. The molecule has 1 saturated heterocycles. The van der Waals surface area contributed by atoms with Gasteiger partial charge in [0.05, 0.1) is 27.0 Å². The molecule has 2 aromatic carbocycles. The molecule has 1 aliphatic rings. The predicted octanol–water partition coefficient (Wildman–Crippen LogP) is 2.54. The first-order chi connectivity index (χ1) is 13.5. The van der Waals surface area contributed by atoms with Crippen molar-refractivity contribution in [3.8, 4) is 17.2 Å². The number of rotatable bonds is 5. The molecule has 1 heterocycles. The quantitative estimate of drug-likeness (QED) is 0.474. The highest BCUT2D eigenvalue weighted by Crippen LogP contribution is 2.29. The molecule has 3 rings (SSSR count). The molecule has 0 aromatic heterocycles. The van der Waals surface area contributed by atoms with Crippen LogP contribution in [0.2, 0.25) is 0 Å². The van der Waals surface area contributed by atoms with Gasteiger partial charge in [0, 0.05) is 17.7 Å². The Morgan fingerprint density at radius 1 is 0.964 bits per heavy atom. The summed E-state index contributed by atoms with van der Waals surface area (Å²) in [6.07, 6.45) is 1.46. The molecule has 1 aliphatic heterocycles. The maximum atomic E-state index is 13.1. The van der Waals surface area contributed by atoms with E-state index in [1.165, 1.54) is 32.3 Å². The van der Waals surface area contributed by atoms with Crippen LogP contribution in [0.15, 0.2) is 48.0 Å². The number of amides is 2. The van der Waals surface area contributed by atoms with Gasteiger partial charge in [-0.25, -0.2) is 0 Å². The van der Waals surface area contributed by atoms with Crippen LogP contribution in [0.4, 0.5) is 5.69 Å². The largest absolute Gasteiger partial charge is 0.497 e. The molecule has 0 unspecified atom stereocenters. The Kier molecular flexibility index (Phi) is 5.60. The lowest BCUT2D eigenvalue weighted by Gasteiger charge is -2.29. The zero-order valence-corrected chi connectivity index (χ0v) is 16.3. The molecular weight excluding hydrogens is 380 g/mol. The third-order valence-corrected chi connectivity index (χ3v) is 4.44. The zero-order chi connectivity index (χ0) is 20.3. The Hall–Kier alpha value is -3.39. The number of thiocarbonyl (C=S) groups is 1. The molecule has 0 aliphatic carbocycles. The summed E-state index contributed by atoms with van der Waals surface area (Å²) in [5, 5.41) is 2.55. The fourth-order valence-electron chi connectivity index (χ4n) is 2.73. The summed E-state index contributed by atoms with van der Waals surface area (Å²) in [6.45, 7) is 0. The molecule has 7 nitrogen and oxygen atoms in total. The van der Waals surface area contributed by atoms with Crippen LogP contribution in [0.5, 0.6) is 17.2 Å². The number of carbonyl (C=O) groups excluding carboxylic acids is 2. The van der Waals surface area contributed by atoms with Gasteiger partial charge in [-0.2, -0.15) is 0 Å². The fraction of sp³-hybridized carbons (Fsp3) is 0.150. The molecule has 0 bridgehead atoms. The molecule has 0 radical (unpaired) electrons. The first-order valence-electron chi connectivity index (χ1n) is 8.26. The van der Waals surface area contributed by atoms with Crippen LogP contribution < -0.4 is 24.4 Å². The smallest absolute Gasteiger partial charge is 0.270 e. The van der Waals surface area contributed by atoms with E-state index in [0.29, 0.717) is 28.5 Å². The minimum Gasteiger partial charge on any atom is -0.497 e. The van der Waals surface area contributed by atoms with Gasteiger partial charge in [0.15, 0.2) is 5.11 Å². The molecule has 0 saturated carbocycles. The van der Waals surface area contributed by atoms with Crippen molar-refractivity contribution in [1.29, 1.82) is 0 Å². The normalized spacial score (nSPS) is 15.5. The maximum absolute atomic E-state index is 13.1. The van der Waals surface area contributed by atoms with Crippen molar-refractivity contribution >= 4 is 40.9 Å². The number of anilines is 1. The summed E-state index contributed by atoms with van der Waals surface area (Å²) in [7, 11) is 4.56. The topological polar surface area (TPSA) is 77.1 Å². The second kappa shape index (κ2) is 8.10. The molecule has 144 valence electrons. The number of methoxy groups -OCH3 is 3. The van der Waals surface area contributed by atoms with Crippen molar-refractivity contribution in [2.75, 3.05) is 26.2 Å². The average molecular weight is 398 g/mol. The van der Waals surface area contributed by atoms with Crippen LogP contribution >= 0.6 is 12.2 Å². The zero-order valence-electron chi connectivity index (χ0n) is 15.5. The molecular formula is C20H18N2O5S. The molecule has 2 aromatic rings. The van der Waals surface area contributed by atoms with Gasteiger partial charge >= 0.3 is 0 Å². The lowest BCUT2D eigenvalue weighted by Crippen LogP contribution is -2.54. The van der Waals surface area contributed by atoms with Crippen molar-refractivity contribution in [2.45, 2.75) is 0 Å². The van der Waals surface area contributed by atoms with Crippen LogP contribution in [0.3, 0.4) is 0 Å². The number of carbonyl (C=O) groups is 2. The minimum absolute atomic E-state index is 0.00194. The van der Waals surface area contributed by atoms with E-state index in [0.717, 1.165) is 0 Å². The molecule has 1 fully saturated rings. The minimum atomic E-state index is -0.577. The Bertz CT molecular complexity index is 986. The first-order valence-corrected chi connectivity index (χ1v) is 8.67. The van der Waals surface area contributed by atoms with E-state index in [1.54, 1.807) is 42.5 Å².